The van der Waals surface area contributed by atoms with Crippen LogP contribution >= 0.6 is 11.8 Å². The van der Waals surface area contributed by atoms with Crippen LogP contribution in [0, 0.1) is 0 Å². The van der Waals surface area contributed by atoms with Crippen LogP contribution in [-0.4, -0.2) is 25.9 Å². The standard InChI is InChI=1S/C14H16N4OS/c1-9(12(15)19)20-14-17-16-13(10-7-8-10)18(14)11-5-3-2-4-6-11/h2-6,9-10H,7-8H2,1H3,(H2,15,19)/t9-/m1/s1. The third-order valence-corrected chi connectivity index (χ3v) is 4.36. The van der Waals surface area contributed by atoms with E-state index in [4.69, 9.17) is 5.73 Å². The highest BCUT2D eigenvalue weighted by molar-refractivity contribution is 8.00. The summed E-state index contributed by atoms with van der Waals surface area (Å²) in [4.78, 5) is 11.2. The van der Waals surface area contributed by atoms with E-state index in [0.717, 1.165) is 29.5 Å². The van der Waals surface area contributed by atoms with Gasteiger partial charge in [-0.15, -0.1) is 10.2 Å². The molecule has 0 saturated heterocycles. The van der Waals surface area contributed by atoms with Crippen LogP contribution in [0.2, 0.25) is 0 Å². The number of para-hydroxylation sites is 1. The van der Waals surface area contributed by atoms with Crippen molar-refractivity contribution in [2.75, 3.05) is 0 Å². The number of primary amides is 1. The molecular formula is C14H16N4OS. The average Bonchev–Trinajstić information content (AvgIpc) is 3.21. The molecule has 5 nitrogen and oxygen atoms in total. The number of hydrogen-bond acceptors (Lipinski definition) is 4. The fourth-order valence-corrected chi connectivity index (χ4v) is 2.82. The van der Waals surface area contributed by atoms with Gasteiger partial charge in [0.1, 0.15) is 5.82 Å². The van der Waals surface area contributed by atoms with Crippen molar-refractivity contribution in [2.24, 2.45) is 5.73 Å². The molecule has 0 unspecified atom stereocenters. The van der Waals surface area contributed by atoms with Gasteiger partial charge in [-0.25, -0.2) is 0 Å². The van der Waals surface area contributed by atoms with Crippen LogP contribution in [0.15, 0.2) is 35.5 Å². The normalized spacial score (nSPS) is 16.1. The Balaban J connectivity index is 2.00. The second-order valence-corrected chi connectivity index (χ2v) is 6.26. The molecule has 0 spiro atoms. The third kappa shape index (κ3) is 2.56. The average molecular weight is 288 g/mol. The first-order valence-corrected chi connectivity index (χ1v) is 7.51. The van der Waals surface area contributed by atoms with Crippen molar-refractivity contribution in [3.8, 4) is 5.69 Å². The van der Waals surface area contributed by atoms with Gasteiger partial charge in [-0.1, -0.05) is 30.0 Å². The summed E-state index contributed by atoms with van der Waals surface area (Å²) >= 11 is 1.35. The number of hydrogen-bond donors (Lipinski definition) is 1. The molecule has 0 radical (unpaired) electrons. The lowest BCUT2D eigenvalue weighted by molar-refractivity contribution is -0.117. The molecule has 1 atom stereocenters. The zero-order valence-electron chi connectivity index (χ0n) is 11.2. The monoisotopic (exact) mass is 288 g/mol. The number of nitrogens with two attached hydrogens (primary N) is 1. The second-order valence-electron chi connectivity index (χ2n) is 4.95. The summed E-state index contributed by atoms with van der Waals surface area (Å²) in [6.45, 7) is 1.79. The van der Waals surface area contributed by atoms with Crippen molar-refractivity contribution in [1.82, 2.24) is 14.8 Å². The van der Waals surface area contributed by atoms with E-state index in [-0.39, 0.29) is 11.2 Å². The highest BCUT2D eigenvalue weighted by atomic mass is 32.2. The van der Waals surface area contributed by atoms with Gasteiger partial charge in [0.15, 0.2) is 5.16 Å². The van der Waals surface area contributed by atoms with Crippen molar-refractivity contribution in [1.29, 1.82) is 0 Å². The van der Waals surface area contributed by atoms with Crippen LogP contribution in [-0.2, 0) is 4.79 Å². The first-order valence-electron chi connectivity index (χ1n) is 6.63. The van der Waals surface area contributed by atoms with Gasteiger partial charge in [0.05, 0.1) is 5.25 Å². The molecule has 6 heteroatoms. The van der Waals surface area contributed by atoms with Gasteiger partial charge in [0.25, 0.3) is 0 Å². The molecule has 2 aromatic rings. The number of carbonyl (C=O) groups excluding carboxylic acids is 1. The predicted molar refractivity (Wildman–Crippen MR) is 77.8 cm³/mol. The smallest absolute Gasteiger partial charge is 0.230 e. The summed E-state index contributed by atoms with van der Waals surface area (Å²) in [6, 6.07) is 9.99. The Morgan fingerprint density at radius 2 is 2.05 bits per heavy atom. The van der Waals surface area contributed by atoms with Crippen LogP contribution < -0.4 is 5.73 Å². The lowest BCUT2D eigenvalue weighted by Crippen LogP contribution is -2.23. The number of benzene rings is 1. The van der Waals surface area contributed by atoms with E-state index in [1.165, 1.54) is 11.8 Å². The van der Waals surface area contributed by atoms with Gasteiger partial charge in [0.2, 0.25) is 5.91 Å². The van der Waals surface area contributed by atoms with Gasteiger partial charge >= 0.3 is 0 Å². The topological polar surface area (TPSA) is 73.8 Å². The van der Waals surface area contributed by atoms with Gasteiger partial charge < -0.3 is 5.73 Å². The molecule has 3 rings (SSSR count). The largest absolute Gasteiger partial charge is 0.369 e. The predicted octanol–water partition coefficient (Wildman–Crippen LogP) is 2.11. The van der Waals surface area contributed by atoms with Crippen molar-refractivity contribution in [3.05, 3.63) is 36.2 Å². The fourth-order valence-electron chi connectivity index (χ4n) is 2.00. The molecule has 1 heterocycles. The molecule has 1 aliphatic carbocycles. The molecule has 1 aliphatic rings. The van der Waals surface area contributed by atoms with E-state index < -0.39 is 0 Å². The molecule has 0 aliphatic heterocycles. The zero-order chi connectivity index (χ0) is 14.1. The van der Waals surface area contributed by atoms with Crippen LogP contribution in [0.5, 0.6) is 0 Å². The lowest BCUT2D eigenvalue weighted by atomic mass is 10.3. The highest BCUT2D eigenvalue weighted by Crippen LogP contribution is 2.41. The molecule has 104 valence electrons. The molecule has 1 saturated carbocycles. The van der Waals surface area contributed by atoms with E-state index in [0.29, 0.717) is 5.92 Å². The van der Waals surface area contributed by atoms with Crippen molar-refractivity contribution in [3.63, 3.8) is 0 Å². The first kappa shape index (κ1) is 13.2. The van der Waals surface area contributed by atoms with Crippen molar-refractivity contribution in [2.45, 2.75) is 36.1 Å². The second kappa shape index (κ2) is 5.28. The van der Waals surface area contributed by atoms with Crippen LogP contribution in [0.25, 0.3) is 5.69 Å². The van der Waals surface area contributed by atoms with Gasteiger partial charge in [-0.2, -0.15) is 0 Å². The quantitative estimate of drug-likeness (QED) is 0.855. The molecule has 0 bridgehead atoms. The van der Waals surface area contributed by atoms with E-state index in [9.17, 15) is 4.79 Å². The Morgan fingerprint density at radius 1 is 1.35 bits per heavy atom. The SMILES string of the molecule is C[C@@H](Sc1nnc(C2CC2)n1-c1ccccc1)C(N)=O. The molecule has 1 aromatic heterocycles. The van der Waals surface area contributed by atoms with Crippen LogP contribution in [0.4, 0.5) is 0 Å². The van der Waals surface area contributed by atoms with Crippen LogP contribution in [0.1, 0.15) is 31.5 Å². The van der Waals surface area contributed by atoms with Crippen molar-refractivity contribution >= 4 is 17.7 Å². The number of rotatable bonds is 5. The Bertz CT molecular complexity index is 621. The molecule has 2 N–H and O–H groups in total. The summed E-state index contributed by atoms with van der Waals surface area (Å²) in [5.74, 6) is 1.13. The summed E-state index contributed by atoms with van der Waals surface area (Å²) in [5, 5.41) is 8.95. The number of amides is 1. The van der Waals surface area contributed by atoms with Crippen LogP contribution in [0.3, 0.4) is 0 Å². The highest BCUT2D eigenvalue weighted by Gasteiger charge is 2.31. The Labute approximate surface area is 121 Å². The maximum Gasteiger partial charge on any atom is 0.230 e. The van der Waals surface area contributed by atoms with E-state index in [2.05, 4.69) is 10.2 Å². The number of aromatic nitrogens is 3. The summed E-state index contributed by atoms with van der Waals surface area (Å²) in [5.41, 5.74) is 6.36. The van der Waals surface area contributed by atoms with E-state index in [1.807, 2.05) is 34.9 Å². The maximum absolute atomic E-state index is 11.2. The van der Waals surface area contributed by atoms with Gasteiger partial charge in [0, 0.05) is 11.6 Å². The summed E-state index contributed by atoms with van der Waals surface area (Å²) in [7, 11) is 0. The first-order chi connectivity index (χ1) is 9.66. The number of nitrogens with zero attached hydrogens (tertiary/aromatic N) is 3. The minimum Gasteiger partial charge on any atom is -0.369 e. The molecule has 1 amide bonds. The maximum atomic E-state index is 11.2. The Kier molecular flexibility index (Phi) is 3.48. The third-order valence-electron chi connectivity index (χ3n) is 3.30. The van der Waals surface area contributed by atoms with E-state index in [1.54, 1.807) is 6.92 Å². The summed E-state index contributed by atoms with van der Waals surface area (Å²) in [6.07, 6.45) is 2.31. The molecule has 20 heavy (non-hydrogen) atoms. The lowest BCUT2D eigenvalue weighted by Gasteiger charge is -2.11. The fraction of sp³-hybridized carbons (Fsp3) is 0.357. The van der Waals surface area contributed by atoms with E-state index >= 15 is 0 Å². The summed E-state index contributed by atoms with van der Waals surface area (Å²) < 4.78 is 2.04. The minimum atomic E-state index is -0.342. The number of carbonyl (C=O) groups is 1. The Morgan fingerprint density at radius 3 is 2.65 bits per heavy atom. The number of thioether (sulfide) groups is 1. The minimum absolute atomic E-state index is 0.325. The zero-order valence-corrected chi connectivity index (χ0v) is 12.0. The molecular weight excluding hydrogens is 272 g/mol. The van der Waals surface area contributed by atoms with Gasteiger partial charge in [-0.05, 0) is 31.9 Å². The molecule has 1 aromatic carbocycles. The van der Waals surface area contributed by atoms with Gasteiger partial charge in [-0.3, -0.25) is 9.36 Å². The molecule has 1 fully saturated rings. The van der Waals surface area contributed by atoms with Crippen molar-refractivity contribution < 1.29 is 4.79 Å². The Hall–Kier alpha value is -1.82.